The molecule has 1 aromatic heterocycles. The lowest BCUT2D eigenvalue weighted by Crippen LogP contribution is -2.49. The number of carbonyl (C=O) groups excluding carboxylic acids is 1. The highest BCUT2D eigenvalue weighted by Gasteiger charge is 2.39. The normalized spacial score (nSPS) is 14.6. The lowest BCUT2D eigenvalue weighted by Gasteiger charge is -2.25. The van der Waals surface area contributed by atoms with Gasteiger partial charge in [-0.25, -0.2) is 9.59 Å². The SMILES string of the molecule is C[C@@](NC(=O)OCC1c2ccccc2-c2ccccc21)(C(=O)O)c1cccs1. The van der Waals surface area contributed by atoms with Gasteiger partial charge in [0.15, 0.2) is 5.54 Å². The van der Waals surface area contributed by atoms with Crippen LogP contribution in [0.1, 0.15) is 28.8 Å². The number of rotatable bonds is 5. The molecule has 1 aliphatic carbocycles. The zero-order valence-corrected chi connectivity index (χ0v) is 16.0. The van der Waals surface area contributed by atoms with Gasteiger partial charge in [0.05, 0.1) is 0 Å². The van der Waals surface area contributed by atoms with Crippen molar-refractivity contribution in [2.45, 2.75) is 18.4 Å². The molecular weight excluding hydrogens is 374 g/mol. The van der Waals surface area contributed by atoms with Crippen LogP contribution in [0.2, 0.25) is 0 Å². The first-order valence-corrected chi connectivity index (χ1v) is 9.79. The average Bonchev–Trinajstić information content (AvgIpc) is 3.33. The molecule has 0 bridgehead atoms. The molecule has 28 heavy (non-hydrogen) atoms. The molecule has 0 aliphatic heterocycles. The van der Waals surface area contributed by atoms with Gasteiger partial charge in [0, 0.05) is 10.8 Å². The van der Waals surface area contributed by atoms with E-state index in [4.69, 9.17) is 4.74 Å². The van der Waals surface area contributed by atoms with E-state index in [9.17, 15) is 14.7 Å². The predicted molar refractivity (Wildman–Crippen MR) is 108 cm³/mol. The van der Waals surface area contributed by atoms with Crippen molar-refractivity contribution in [3.05, 3.63) is 82.0 Å². The number of ether oxygens (including phenoxy) is 1. The molecule has 6 heteroatoms. The van der Waals surface area contributed by atoms with E-state index in [1.54, 1.807) is 17.5 Å². The quantitative estimate of drug-likeness (QED) is 0.665. The Labute approximate surface area is 166 Å². The third kappa shape index (κ3) is 3.05. The first-order valence-electron chi connectivity index (χ1n) is 8.91. The molecule has 4 rings (SSSR count). The molecule has 0 fully saturated rings. The predicted octanol–water partition coefficient (Wildman–Crippen LogP) is 4.59. The number of alkyl carbamates (subject to hydrolysis) is 1. The molecule has 0 radical (unpaired) electrons. The fraction of sp³-hybridized carbons (Fsp3) is 0.182. The maximum atomic E-state index is 12.4. The van der Waals surface area contributed by atoms with Crippen LogP contribution >= 0.6 is 11.3 Å². The van der Waals surface area contributed by atoms with Gasteiger partial charge in [-0.2, -0.15) is 0 Å². The van der Waals surface area contributed by atoms with E-state index in [-0.39, 0.29) is 12.5 Å². The Bertz CT molecular complexity index is 985. The van der Waals surface area contributed by atoms with Crippen LogP contribution in [0.5, 0.6) is 0 Å². The van der Waals surface area contributed by atoms with Gasteiger partial charge in [0.1, 0.15) is 6.61 Å². The Kier molecular flexibility index (Phi) is 4.65. The fourth-order valence-electron chi connectivity index (χ4n) is 3.62. The van der Waals surface area contributed by atoms with Crippen LogP contribution in [0.15, 0.2) is 66.0 Å². The van der Waals surface area contributed by atoms with Crippen LogP contribution in [-0.4, -0.2) is 23.8 Å². The van der Waals surface area contributed by atoms with E-state index in [1.807, 2.05) is 36.4 Å². The lowest BCUT2D eigenvalue weighted by atomic mass is 9.98. The van der Waals surface area contributed by atoms with Gasteiger partial charge in [0.2, 0.25) is 0 Å². The van der Waals surface area contributed by atoms with E-state index < -0.39 is 17.6 Å². The van der Waals surface area contributed by atoms with Crippen molar-refractivity contribution in [2.24, 2.45) is 0 Å². The van der Waals surface area contributed by atoms with Crippen LogP contribution < -0.4 is 5.32 Å². The van der Waals surface area contributed by atoms with Gasteiger partial charge in [-0.15, -0.1) is 11.3 Å². The van der Waals surface area contributed by atoms with Crippen molar-refractivity contribution in [2.75, 3.05) is 6.61 Å². The van der Waals surface area contributed by atoms with Crippen molar-refractivity contribution in [1.82, 2.24) is 5.32 Å². The van der Waals surface area contributed by atoms with Gasteiger partial charge in [-0.3, -0.25) is 0 Å². The molecule has 0 saturated heterocycles. The lowest BCUT2D eigenvalue weighted by molar-refractivity contribution is -0.144. The number of hydrogen-bond acceptors (Lipinski definition) is 4. The standard InChI is InChI=1S/C22H19NO4S/c1-22(20(24)25,19-11-6-12-28-19)23-21(26)27-13-18-16-9-4-2-7-14(16)15-8-3-5-10-17(15)18/h2-12,18H,13H2,1H3,(H,23,26)(H,24,25)/t22-/m0/s1. The van der Waals surface area contributed by atoms with Gasteiger partial charge in [0.25, 0.3) is 0 Å². The number of fused-ring (bicyclic) bond motifs is 3. The summed E-state index contributed by atoms with van der Waals surface area (Å²) in [4.78, 5) is 24.8. The summed E-state index contributed by atoms with van der Waals surface area (Å²) in [6.45, 7) is 1.60. The molecular formula is C22H19NO4S. The molecule has 142 valence electrons. The first-order chi connectivity index (χ1) is 13.5. The highest BCUT2D eigenvalue weighted by atomic mass is 32.1. The monoisotopic (exact) mass is 393 g/mol. The third-order valence-corrected chi connectivity index (χ3v) is 6.23. The van der Waals surface area contributed by atoms with Crippen LogP contribution in [-0.2, 0) is 15.1 Å². The number of amides is 1. The van der Waals surface area contributed by atoms with E-state index in [1.165, 1.54) is 18.3 Å². The number of thiophene rings is 1. The van der Waals surface area contributed by atoms with E-state index in [0.29, 0.717) is 4.88 Å². The Morgan fingerprint density at radius 2 is 1.64 bits per heavy atom. The zero-order chi connectivity index (χ0) is 19.7. The number of carbonyl (C=O) groups is 2. The van der Waals surface area contributed by atoms with Crippen LogP contribution in [0, 0.1) is 0 Å². The maximum absolute atomic E-state index is 12.4. The van der Waals surface area contributed by atoms with Crippen molar-refractivity contribution in [3.63, 3.8) is 0 Å². The molecule has 1 heterocycles. The molecule has 0 saturated carbocycles. The maximum Gasteiger partial charge on any atom is 0.408 e. The summed E-state index contributed by atoms with van der Waals surface area (Å²) >= 11 is 1.27. The number of aliphatic carboxylic acids is 1. The average molecular weight is 393 g/mol. The second kappa shape index (κ2) is 7.13. The van der Waals surface area contributed by atoms with Crippen molar-refractivity contribution in [1.29, 1.82) is 0 Å². The van der Waals surface area contributed by atoms with Crippen LogP contribution in [0.4, 0.5) is 4.79 Å². The summed E-state index contributed by atoms with van der Waals surface area (Å²) < 4.78 is 5.47. The number of carboxylic acid groups (broad SMARTS) is 1. The summed E-state index contributed by atoms with van der Waals surface area (Å²) in [5.41, 5.74) is 2.96. The van der Waals surface area contributed by atoms with E-state index in [0.717, 1.165) is 22.3 Å². The van der Waals surface area contributed by atoms with Gasteiger partial charge in [-0.05, 0) is 40.6 Å². The Morgan fingerprint density at radius 3 is 2.18 bits per heavy atom. The first kappa shape index (κ1) is 18.3. The van der Waals surface area contributed by atoms with Crippen molar-refractivity contribution < 1.29 is 19.4 Å². The number of benzene rings is 2. The van der Waals surface area contributed by atoms with E-state index in [2.05, 4.69) is 17.4 Å². The largest absolute Gasteiger partial charge is 0.479 e. The summed E-state index contributed by atoms with van der Waals surface area (Å²) in [6.07, 6.45) is -0.750. The minimum Gasteiger partial charge on any atom is -0.479 e. The second-order valence-corrected chi connectivity index (χ2v) is 7.81. The molecule has 2 aromatic carbocycles. The molecule has 1 amide bonds. The van der Waals surface area contributed by atoms with Gasteiger partial charge in [-0.1, -0.05) is 54.6 Å². The number of nitrogens with one attached hydrogen (secondary N) is 1. The number of carboxylic acids is 1. The summed E-state index contributed by atoms with van der Waals surface area (Å²) in [6, 6.07) is 19.5. The Balaban J connectivity index is 1.52. The molecule has 1 atom stereocenters. The fourth-order valence-corrected chi connectivity index (χ4v) is 4.46. The molecule has 0 spiro atoms. The van der Waals surface area contributed by atoms with Crippen LogP contribution in [0.25, 0.3) is 11.1 Å². The zero-order valence-electron chi connectivity index (χ0n) is 15.2. The Hall–Kier alpha value is -3.12. The summed E-state index contributed by atoms with van der Waals surface area (Å²) in [5, 5.41) is 13.9. The summed E-state index contributed by atoms with van der Waals surface area (Å²) in [5.74, 6) is -1.21. The topological polar surface area (TPSA) is 75.6 Å². The van der Waals surface area contributed by atoms with Crippen molar-refractivity contribution >= 4 is 23.4 Å². The molecule has 2 N–H and O–H groups in total. The second-order valence-electron chi connectivity index (χ2n) is 6.86. The molecule has 1 aliphatic rings. The van der Waals surface area contributed by atoms with E-state index >= 15 is 0 Å². The Morgan fingerprint density at radius 1 is 1.04 bits per heavy atom. The van der Waals surface area contributed by atoms with Gasteiger partial charge < -0.3 is 15.2 Å². The molecule has 5 nitrogen and oxygen atoms in total. The molecule has 3 aromatic rings. The highest BCUT2D eigenvalue weighted by Crippen LogP contribution is 2.44. The smallest absolute Gasteiger partial charge is 0.408 e. The third-order valence-electron chi connectivity index (χ3n) is 5.14. The minimum absolute atomic E-state index is 0.0732. The summed E-state index contributed by atoms with van der Waals surface area (Å²) in [7, 11) is 0. The highest BCUT2D eigenvalue weighted by molar-refractivity contribution is 7.10. The van der Waals surface area contributed by atoms with Crippen LogP contribution in [0.3, 0.4) is 0 Å². The van der Waals surface area contributed by atoms with Gasteiger partial charge >= 0.3 is 12.1 Å². The molecule has 0 unspecified atom stereocenters. The minimum atomic E-state index is -1.53. The number of hydrogen-bond donors (Lipinski definition) is 2. The van der Waals surface area contributed by atoms with Crippen molar-refractivity contribution in [3.8, 4) is 11.1 Å².